The Bertz CT molecular complexity index is 1430. The van der Waals surface area contributed by atoms with Crippen LogP contribution in [0, 0.1) is 0 Å². The highest BCUT2D eigenvalue weighted by Gasteiger charge is 2.16. The van der Waals surface area contributed by atoms with E-state index < -0.39 is 15.9 Å². The molecule has 0 saturated carbocycles. The summed E-state index contributed by atoms with van der Waals surface area (Å²) in [4.78, 5) is 15.1. The van der Waals surface area contributed by atoms with Gasteiger partial charge in [-0.2, -0.15) is 13.2 Å². The molecule has 9 heteroatoms. The van der Waals surface area contributed by atoms with Gasteiger partial charge in [0.25, 0.3) is 15.9 Å². The number of hydrogen-bond acceptors (Lipinski definition) is 5. The Morgan fingerprint density at radius 1 is 0.903 bits per heavy atom. The molecule has 0 aliphatic carbocycles. The van der Waals surface area contributed by atoms with Gasteiger partial charge in [0, 0.05) is 5.39 Å². The predicted octanol–water partition coefficient (Wildman–Crippen LogP) is 4.13. The number of amides is 1. The average molecular weight is 454 g/mol. The van der Waals surface area contributed by atoms with Crippen molar-refractivity contribution in [3.05, 3.63) is 101 Å². The van der Waals surface area contributed by atoms with Gasteiger partial charge in [0.2, 0.25) is 5.55 Å². The molecule has 1 aromatic heterocycles. The summed E-state index contributed by atoms with van der Waals surface area (Å²) in [7, 11) is -3.95. The van der Waals surface area contributed by atoms with Gasteiger partial charge in [0.1, 0.15) is 11.1 Å². The van der Waals surface area contributed by atoms with Crippen molar-refractivity contribution in [1.29, 1.82) is 0 Å². The number of para-hydroxylation sites is 2. The van der Waals surface area contributed by atoms with Gasteiger partial charge in [-0.3, -0.25) is 4.79 Å². The van der Waals surface area contributed by atoms with Crippen molar-refractivity contribution < 1.29 is 17.6 Å². The minimum atomic E-state index is -3.95. The fourth-order valence-corrected chi connectivity index (χ4v) is 3.83. The van der Waals surface area contributed by atoms with E-state index in [1.54, 1.807) is 72.8 Å². The summed E-state index contributed by atoms with van der Waals surface area (Å²) in [5.41, 5.74) is 0.685. The molecule has 1 amide bonds. The molecule has 2 N–H and O–H groups in total. The molecule has 0 bridgehead atoms. The number of nitrogens with one attached hydrogen (secondary N) is 2. The number of fused-ring (bicyclic) bond motifs is 1. The lowest BCUT2D eigenvalue weighted by atomic mass is 10.1. The van der Waals surface area contributed by atoms with Crippen molar-refractivity contribution in [2.24, 2.45) is 5.10 Å². The van der Waals surface area contributed by atoms with Crippen LogP contribution in [0.1, 0.15) is 10.4 Å². The highest BCUT2D eigenvalue weighted by Crippen LogP contribution is 2.21. The minimum Gasteiger partial charge on any atom is -0.436 e. The fraction of sp³-hybridized carbons (Fsp3) is 0. The van der Waals surface area contributed by atoms with Crippen LogP contribution in [0.15, 0.2) is 99.3 Å². The average Bonchev–Trinajstić information content (AvgIpc) is 2.79. The van der Waals surface area contributed by atoms with Gasteiger partial charge in [-0.25, -0.2) is 0 Å². The zero-order valence-corrected chi connectivity index (χ0v) is 17.5. The number of hydrogen-bond donors (Lipinski definition) is 2. The zero-order chi connectivity index (χ0) is 21.8. The topological polar surface area (TPSA) is 101 Å². The third-order valence-corrected chi connectivity index (χ3v) is 5.90. The van der Waals surface area contributed by atoms with Crippen molar-refractivity contribution in [2.45, 2.75) is 4.90 Å². The van der Waals surface area contributed by atoms with Gasteiger partial charge in [0.05, 0.1) is 15.6 Å². The lowest BCUT2D eigenvalue weighted by Crippen LogP contribution is -2.27. The zero-order valence-electron chi connectivity index (χ0n) is 15.9. The Labute approximate surface area is 183 Å². The number of carbonyl (C=O) groups excluding carboxylic acids is 1. The van der Waals surface area contributed by atoms with E-state index in [2.05, 4.69) is 15.2 Å². The van der Waals surface area contributed by atoms with E-state index in [1.807, 2.05) is 0 Å². The molecule has 7 nitrogen and oxygen atoms in total. The molecule has 0 fully saturated rings. The first-order valence-corrected chi connectivity index (χ1v) is 11.0. The molecule has 0 radical (unpaired) electrons. The van der Waals surface area contributed by atoms with E-state index in [0.717, 1.165) is 0 Å². The van der Waals surface area contributed by atoms with E-state index in [9.17, 15) is 13.2 Å². The van der Waals surface area contributed by atoms with E-state index in [0.29, 0.717) is 21.7 Å². The maximum absolute atomic E-state index is 13.0. The molecule has 0 aliphatic rings. The second kappa shape index (κ2) is 8.63. The van der Waals surface area contributed by atoms with Gasteiger partial charge < -0.3 is 9.73 Å². The van der Waals surface area contributed by atoms with Crippen molar-refractivity contribution in [3.8, 4) is 0 Å². The Morgan fingerprint density at radius 2 is 1.58 bits per heavy atom. The highest BCUT2D eigenvalue weighted by molar-refractivity contribution is 7.89. The summed E-state index contributed by atoms with van der Waals surface area (Å²) in [6, 6.07) is 23.1. The second-order valence-electron chi connectivity index (χ2n) is 6.46. The molecule has 1 heterocycles. The number of benzene rings is 3. The Balaban J connectivity index is 1.77. The maximum Gasteiger partial charge on any atom is 0.276 e. The lowest BCUT2D eigenvalue weighted by molar-refractivity contribution is 0.102. The smallest absolute Gasteiger partial charge is 0.276 e. The Kier molecular flexibility index (Phi) is 5.75. The Morgan fingerprint density at radius 3 is 2.35 bits per heavy atom. The van der Waals surface area contributed by atoms with Gasteiger partial charge in [-0.15, -0.1) is 5.10 Å². The van der Waals surface area contributed by atoms with Crippen LogP contribution in [-0.4, -0.2) is 14.3 Å². The molecular formula is C22H16ClN3O4S. The van der Waals surface area contributed by atoms with E-state index in [4.69, 9.17) is 16.0 Å². The number of carbonyl (C=O) groups is 1. The van der Waals surface area contributed by atoms with Crippen LogP contribution >= 0.6 is 11.6 Å². The third kappa shape index (κ3) is 4.60. The van der Waals surface area contributed by atoms with E-state index >= 15 is 0 Å². The molecule has 3 aromatic carbocycles. The van der Waals surface area contributed by atoms with Crippen LogP contribution in [0.25, 0.3) is 11.0 Å². The number of anilines is 1. The summed E-state index contributed by atoms with van der Waals surface area (Å²) in [5, 5.41) is 7.59. The summed E-state index contributed by atoms with van der Waals surface area (Å²) in [6.07, 6.45) is 0. The van der Waals surface area contributed by atoms with Gasteiger partial charge in [-0.1, -0.05) is 60.1 Å². The summed E-state index contributed by atoms with van der Waals surface area (Å²) >= 11 is 6.13. The van der Waals surface area contributed by atoms with E-state index in [-0.39, 0.29) is 16.0 Å². The van der Waals surface area contributed by atoms with Crippen molar-refractivity contribution >= 4 is 44.2 Å². The number of nitrogens with zero attached hydrogens (tertiary/aromatic N) is 1. The van der Waals surface area contributed by atoms with Crippen LogP contribution in [-0.2, 0) is 10.0 Å². The molecule has 4 rings (SSSR count). The lowest BCUT2D eigenvalue weighted by Gasteiger charge is -2.08. The Hall–Kier alpha value is -3.62. The first-order valence-electron chi connectivity index (χ1n) is 9.13. The summed E-state index contributed by atoms with van der Waals surface area (Å²) in [6.45, 7) is 0. The number of sulfonamides is 1. The van der Waals surface area contributed by atoms with Crippen molar-refractivity contribution in [1.82, 2.24) is 4.83 Å². The fourth-order valence-electron chi connectivity index (χ4n) is 2.82. The second-order valence-corrected chi connectivity index (χ2v) is 8.52. The first kappa shape index (κ1) is 20.6. The largest absolute Gasteiger partial charge is 0.436 e. The highest BCUT2D eigenvalue weighted by atomic mass is 35.5. The third-order valence-electron chi connectivity index (χ3n) is 4.34. The van der Waals surface area contributed by atoms with Gasteiger partial charge >= 0.3 is 0 Å². The monoisotopic (exact) mass is 453 g/mol. The molecule has 0 unspecified atom stereocenters. The van der Waals surface area contributed by atoms with Gasteiger partial charge in [-0.05, 0) is 36.4 Å². The van der Waals surface area contributed by atoms with Crippen LogP contribution in [0.4, 0.5) is 5.69 Å². The molecular weight excluding hydrogens is 438 g/mol. The van der Waals surface area contributed by atoms with Crippen LogP contribution in [0.5, 0.6) is 0 Å². The van der Waals surface area contributed by atoms with Gasteiger partial charge in [0.15, 0.2) is 0 Å². The first-order chi connectivity index (χ1) is 14.9. The molecule has 4 aromatic rings. The van der Waals surface area contributed by atoms with Crippen LogP contribution < -0.4 is 15.7 Å². The van der Waals surface area contributed by atoms with Crippen LogP contribution in [0.3, 0.4) is 0 Å². The molecule has 0 atom stereocenters. The molecule has 31 heavy (non-hydrogen) atoms. The van der Waals surface area contributed by atoms with Crippen LogP contribution in [0.2, 0.25) is 5.02 Å². The summed E-state index contributed by atoms with van der Waals surface area (Å²) in [5.74, 6) is -0.555. The predicted molar refractivity (Wildman–Crippen MR) is 118 cm³/mol. The summed E-state index contributed by atoms with van der Waals surface area (Å²) < 4.78 is 30.8. The molecule has 0 aliphatic heterocycles. The molecule has 156 valence electrons. The minimum absolute atomic E-state index is 0.0293. The molecule has 0 saturated heterocycles. The quantitative estimate of drug-likeness (QED) is 0.443. The number of rotatable bonds is 5. The number of halogens is 1. The standard InChI is InChI=1S/C22H16ClN3O4S/c23-18-11-5-6-12-19(18)24-21(27)17-14-15-8-4-7-13-20(15)30-22(17)25-26-31(28,29)16-9-2-1-3-10-16/h1-14,26H,(H,24,27)/b25-22+. The van der Waals surface area contributed by atoms with E-state index in [1.165, 1.54) is 12.1 Å². The maximum atomic E-state index is 13.0. The SMILES string of the molecule is O=C(Nc1ccccc1Cl)c1cc2ccccc2o/c1=N/NS(=O)(=O)c1ccccc1. The molecule has 0 spiro atoms. The normalized spacial score (nSPS) is 12.0. The van der Waals surface area contributed by atoms with Crippen molar-refractivity contribution in [2.75, 3.05) is 5.32 Å². The van der Waals surface area contributed by atoms with Crippen molar-refractivity contribution in [3.63, 3.8) is 0 Å².